The summed E-state index contributed by atoms with van der Waals surface area (Å²) in [5.41, 5.74) is 0.354. The van der Waals surface area contributed by atoms with Gasteiger partial charge in [-0.1, -0.05) is 30.3 Å². The van der Waals surface area contributed by atoms with Gasteiger partial charge in [-0.05, 0) is 5.56 Å². The van der Waals surface area contributed by atoms with Gasteiger partial charge in [-0.2, -0.15) is 9.82 Å². The highest BCUT2D eigenvalue weighted by Crippen LogP contribution is 2.17. The van der Waals surface area contributed by atoms with Crippen LogP contribution in [0.3, 0.4) is 0 Å². The molecule has 0 saturated heterocycles. The van der Waals surface area contributed by atoms with Crippen LogP contribution in [0.2, 0.25) is 0 Å². The molecular formula is C12H13N3O4S. The van der Waals surface area contributed by atoms with Crippen LogP contribution in [0, 0.1) is 0 Å². The molecule has 0 amide bonds. The Morgan fingerprint density at radius 3 is 2.50 bits per heavy atom. The second-order valence-electron chi connectivity index (χ2n) is 4.15. The molecule has 1 aromatic heterocycles. The van der Waals surface area contributed by atoms with Crippen molar-refractivity contribution in [2.45, 2.75) is 10.9 Å². The second kappa shape index (κ2) is 5.43. The molecule has 7 nitrogen and oxygen atoms in total. The minimum Gasteiger partial charge on any atom is -0.480 e. The van der Waals surface area contributed by atoms with Crippen molar-refractivity contribution in [1.82, 2.24) is 14.5 Å². The first kappa shape index (κ1) is 14.2. The Hall–Kier alpha value is -2.19. The molecule has 0 aliphatic heterocycles. The average molecular weight is 295 g/mol. The number of carboxylic acids is 1. The molecule has 20 heavy (non-hydrogen) atoms. The van der Waals surface area contributed by atoms with E-state index in [-0.39, 0.29) is 4.90 Å². The summed E-state index contributed by atoms with van der Waals surface area (Å²) in [4.78, 5) is 11.2. The normalized spacial score (nSPS) is 13.1. The molecule has 2 N–H and O–H groups in total. The number of carboxylic acid groups (broad SMARTS) is 1. The number of hydrogen-bond donors (Lipinski definition) is 2. The summed E-state index contributed by atoms with van der Waals surface area (Å²) < 4.78 is 27.7. The van der Waals surface area contributed by atoms with Gasteiger partial charge >= 0.3 is 5.97 Å². The molecule has 0 aliphatic rings. The summed E-state index contributed by atoms with van der Waals surface area (Å²) in [5, 5.41) is 13.0. The Balaban J connectivity index is 2.32. The number of nitrogens with zero attached hydrogens (tertiary/aromatic N) is 2. The fraction of sp³-hybridized carbons (Fsp3) is 0.167. The van der Waals surface area contributed by atoms with E-state index < -0.39 is 22.0 Å². The van der Waals surface area contributed by atoms with Crippen molar-refractivity contribution < 1.29 is 18.3 Å². The van der Waals surface area contributed by atoms with Gasteiger partial charge in [0.25, 0.3) is 0 Å². The van der Waals surface area contributed by atoms with Gasteiger partial charge in [-0.3, -0.25) is 9.48 Å². The van der Waals surface area contributed by atoms with E-state index >= 15 is 0 Å². The number of aromatic nitrogens is 2. The maximum atomic E-state index is 12.1. The van der Waals surface area contributed by atoms with Crippen LogP contribution in [-0.2, 0) is 21.9 Å². The molecule has 0 saturated carbocycles. The lowest BCUT2D eigenvalue weighted by Crippen LogP contribution is -2.33. The number of hydrogen-bond acceptors (Lipinski definition) is 4. The molecule has 2 aromatic rings. The number of benzene rings is 1. The van der Waals surface area contributed by atoms with E-state index in [1.54, 1.807) is 37.4 Å². The Morgan fingerprint density at radius 2 is 2.00 bits per heavy atom. The lowest BCUT2D eigenvalue weighted by Gasteiger charge is -2.14. The molecule has 2 rings (SSSR count). The molecule has 8 heteroatoms. The van der Waals surface area contributed by atoms with Gasteiger partial charge in [0, 0.05) is 13.2 Å². The third-order valence-electron chi connectivity index (χ3n) is 2.64. The van der Waals surface area contributed by atoms with E-state index in [0.717, 1.165) is 6.20 Å². The molecule has 0 spiro atoms. The van der Waals surface area contributed by atoms with Crippen LogP contribution in [0.5, 0.6) is 0 Å². The summed E-state index contributed by atoms with van der Waals surface area (Å²) in [6.07, 6.45) is 2.46. The molecule has 1 aromatic carbocycles. The van der Waals surface area contributed by atoms with Crippen molar-refractivity contribution in [1.29, 1.82) is 0 Å². The average Bonchev–Trinajstić information content (AvgIpc) is 2.84. The summed E-state index contributed by atoms with van der Waals surface area (Å²) in [6.45, 7) is 0. The summed E-state index contributed by atoms with van der Waals surface area (Å²) >= 11 is 0. The molecular weight excluding hydrogens is 282 g/mol. The highest BCUT2D eigenvalue weighted by atomic mass is 32.2. The number of sulfonamides is 1. The number of carbonyl (C=O) groups is 1. The van der Waals surface area contributed by atoms with Crippen molar-refractivity contribution in [3.05, 3.63) is 48.3 Å². The molecule has 0 aliphatic carbocycles. The van der Waals surface area contributed by atoms with E-state index in [0.29, 0.717) is 5.56 Å². The van der Waals surface area contributed by atoms with Crippen molar-refractivity contribution in [2.75, 3.05) is 0 Å². The molecule has 1 unspecified atom stereocenters. The van der Waals surface area contributed by atoms with E-state index in [1.165, 1.54) is 10.9 Å². The summed E-state index contributed by atoms with van der Waals surface area (Å²) in [7, 11) is -2.37. The smallest absolute Gasteiger partial charge is 0.326 e. The minimum atomic E-state index is -3.95. The SMILES string of the molecule is Cn1cc(S(=O)(=O)NC(C(=O)O)c2ccccc2)cn1. The number of aryl methyl sites for hydroxylation is 1. The van der Waals surface area contributed by atoms with Gasteiger partial charge < -0.3 is 5.11 Å². The van der Waals surface area contributed by atoms with Gasteiger partial charge in [-0.15, -0.1) is 0 Å². The van der Waals surface area contributed by atoms with E-state index in [2.05, 4.69) is 9.82 Å². The maximum Gasteiger partial charge on any atom is 0.326 e. The maximum absolute atomic E-state index is 12.1. The zero-order valence-electron chi connectivity index (χ0n) is 10.6. The van der Waals surface area contributed by atoms with Crippen LogP contribution in [0.15, 0.2) is 47.6 Å². The molecule has 0 bridgehead atoms. The highest BCUT2D eigenvalue weighted by Gasteiger charge is 2.27. The van der Waals surface area contributed by atoms with Gasteiger partial charge in [0.2, 0.25) is 10.0 Å². The molecule has 0 fully saturated rings. The van der Waals surface area contributed by atoms with Gasteiger partial charge in [0.1, 0.15) is 10.9 Å². The lowest BCUT2D eigenvalue weighted by molar-refractivity contribution is -0.139. The van der Waals surface area contributed by atoms with Gasteiger partial charge in [0.05, 0.1) is 6.20 Å². The molecule has 106 valence electrons. The second-order valence-corrected chi connectivity index (χ2v) is 5.87. The van der Waals surface area contributed by atoms with E-state index in [4.69, 9.17) is 0 Å². The van der Waals surface area contributed by atoms with Gasteiger partial charge in [-0.25, -0.2) is 8.42 Å². The highest BCUT2D eigenvalue weighted by molar-refractivity contribution is 7.89. The number of nitrogens with one attached hydrogen (secondary N) is 1. The number of rotatable bonds is 5. The number of aliphatic carboxylic acids is 1. The van der Waals surface area contributed by atoms with Crippen LogP contribution in [0.4, 0.5) is 0 Å². The first-order valence-electron chi connectivity index (χ1n) is 5.69. The Morgan fingerprint density at radius 1 is 1.35 bits per heavy atom. The first-order chi connectivity index (χ1) is 9.40. The summed E-state index contributed by atoms with van der Waals surface area (Å²) in [6, 6.07) is 6.75. The van der Waals surface area contributed by atoms with E-state index in [9.17, 15) is 18.3 Å². The predicted octanol–water partition coefficient (Wildman–Crippen LogP) is 0.524. The van der Waals surface area contributed by atoms with Gasteiger partial charge in [0.15, 0.2) is 0 Å². The fourth-order valence-electron chi connectivity index (χ4n) is 1.67. The third kappa shape index (κ3) is 3.03. The first-order valence-corrected chi connectivity index (χ1v) is 7.17. The van der Waals surface area contributed by atoms with Crippen LogP contribution < -0.4 is 4.72 Å². The lowest BCUT2D eigenvalue weighted by atomic mass is 10.1. The van der Waals surface area contributed by atoms with Crippen LogP contribution in [0.25, 0.3) is 0 Å². The van der Waals surface area contributed by atoms with Crippen molar-refractivity contribution in [2.24, 2.45) is 7.05 Å². The van der Waals surface area contributed by atoms with E-state index in [1.807, 2.05) is 0 Å². The van der Waals surface area contributed by atoms with Crippen molar-refractivity contribution in [3.63, 3.8) is 0 Å². The van der Waals surface area contributed by atoms with Crippen LogP contribution in [0.1, 0.15) is 11.6 Å². The molecule has 0 radical (unpaired) electrons. The van der Waals surface area contributed by atoms with Crippen LogP contribution in [-0.4, -0.2) is 29.3 Å². The third-order valence-corrected chi connectivity index (χ3v) is 4.02. The molecule has 1 heterocycles. The zero-order valence-corrected chi connectivity index (χ0v) is 11.4. The topological polar surface area (TPSA) is 101 Å². The largest absolute Gasteiger partial charge is 0.480 e. The standard InChI is InChI=1S/C12H13N3O4S/c1-15-8-10(7-13-15)20(18,19)14-11(12(16)17)9-5-3-2-4-6-9/h2-8,11,14H,1H3,(H,16,17). The minimum absolute atomic E-state index is 0.0813. The predicted molar refractivity (Wildman–Crippen MR) is 70.3 cm³/mol. The summed E-state index contributed by atoms with van der Waals surface area (Å²) in [5.74, 6) is -1.27. The van der Waals surface area contributed by atoms with Crippen molar-refractivity contribution >= 4 is 16.0 Å². The monoisotopic (exact) mass is 295 g/mol. The Bertz CT molecular complexity index is 709. The Labute approximate surface area is 115 Å². The van der Waals surface area contributed by atoms with Crippen molar-refractivity contribution in [3.8, 4) is 0 Å². The quantitative estimate of drug-likeness (QED) is 0.837. The fourth-order valence-corrected chi connectivity index (χ4v) is 2.83. The molecule has 1 atom stereocenters. The Kier molecular flexibility index (Phi) is 3.86. The van der Waals surface area contributed by atoms with Crippen LogP contribution >= 0.6 is 0 Å². The zero-order chi connectivity index (χ0) is 14.8.